The summed E-state index contributed by atoms with van der Waals surface area (Å²) in [6.07, 6.45) is 41.5. The maximum Gasteiger partial charge on any atom is 0.125 e. The van der Waals surface area contributed by atoms with Gasteiger partial charge in [-0.2, -0.15) is 0 Å². The highest BCUT2D eigenvalue weighted by Gasteiger charge is 2.08. The third-order valence-electron chi connectivity index (χ3n) is 9.68. The van der Waals surface area contributed by atoms with Gasteiger partial charge in [-0.3, -0.25) is 9.89 Å². The van der Waals surface area contributed by atoms with Crippen molar-refractivity contribution in [3.05, 3.63) is 48.0 Å². The molecule has 0 radical (unpaired) electrons. The van der Waals surface area contributed by atoms with Crippen LogP contribution in [0, 0.1) is 0 Å². The fourth-order valence-corrected chi connectivity index (χ4v) is 6.67. The highest BCUT2D eigenvalue weighted by atomic mass is 35.5. The summed E-state index contributed by atoms with van der Waals surface area (Å²) in [5, 5.41) is 0. The summed E-state index contributed by atoms with van der Waals surface area (Å²) in [7, 11) is 0. The lowest BCUT2D eigenvalue weighted by molar-refractivity contribution is 0.252. The van der Waals surface area contributed by atoms with E-state index in [2.05, 4.69) is 54.6 Å². The monoisotopic (exact) mass is 710 g/mol. The van der Waals surface area contributed by atoms with Crippen molar-refractivity contribution in [1.82, 2.24) is 4.90 Å². The molecule has 0 fully saturated rings. The molecule has 0 bridgehead atoms. The average molecular weight is 711 g/mol. The molecule has 1 aromatic carbocycles. The van der Waals surface area contributed by atoms with Crippen LogP contribution in [0.2, 0.25) is 0 Å². The maximum atomic E-state index is 6.26. The standard InChI is InChI=1S/C43H79N3.2ClH/c1-4-7-9-11-13-15-17-19-21-23-25-27-29-31-37-46(40-41-34-33-35-42(39-41)43(44)45-36-6-3)38-32-30-28-26-24-22-20-18-16-14-12-10-8-5-2;;/h6,33-35,39H,3-5,7-32,36-38,40H2,1-2H3,(H2,44,45);2*1H. The van der Waals surface area contributed by atoms with E-state index in [1.165, 1.54) is 198 Å². The van der Waals surface area contributed by atoms with Crippen molar-refractivity contribution in [3.63, 3.8) is 0 Å². The van der Waals surface area contributed by atoms with Gasteiger partial charge in [0.05, 0.1) is 6.54 Å². The van der Waals surface area contributed by atoms with E-state index in [1.54, 1.807) is 6.08 Å². The van der Waals surface area contributed by atoms with Gasteiger partial charge in [0, 0.05) is 12.1 Å². The molecule has 48 heavy (non-hydrogen) atoms. The average Bonchev–Trinajstić information content (AvgIpc) is 3.07. The molecule has 0 spiro atoms. The summed E-state index contributed by atoms with van der Waals surface area (Å²) < 4.78 is 0. The third-order valence-corrected chi connectivity index (χ3v) is 9.68. The van der Waals surface area contributed by atoms with Crippen LogP contribution in [0.25, 0.3) is 0 Å². The van der Waals surface area contributed by atoms with Gasteiger partial charge >= 0.3 is 0 Å². The maximum absolute atomic E-state index is 6.26. The normalized spacial score (nSPS) is 11.4. The van der Waals surface area contributed by atoms with Crippen molar-refractivity contribution in [2.75, 3.05) is 19.6 Å². The van der Waals surface area contributed by atoms with Crippen LogP contribution in [0.4, 0.5) is 0 Å². The van der Waals surface area contributed by atoms with Crippen LogP contribution >= 0.6 is 24.8 Å². The Bertz CT molecular complexity index is 796. The number of halogens is 2. The second-order valence-electron chi connectivity index (χ2n) is 14.2. The number of nitrogens with zero attached hydrogens (tertiary/aromatic N) is 2. The van der Waals surface area contributed by atoms with Gasteiger partial charge in [0.25, 0.3) is 0 Å². The van der Waals surface area contributed by atoms with E-state index in [0.717, 1.165) is 12.1 Å². The van der Waals surface area contributed by atoms with Crippen LogP contribution < -0.4 is 5.73 Å². The molecule has 5 heteroatoms. The minimum atomic E-state index is 0. The molecule has 0 saturated heterocycles. The number of benzene rings is 1. The highest BCUT2D eigenvalue weighted by Crippen LogP contribution is 2.16. The van der Waals surface area contributed by atoms with E-state index >= 15 is 0 Å². The number of nitrogens with two attached hydrogens (primary N) is 1. The predicted octanol–water partition coefficient (Wildman–Crippen LogP) is 14.2. The van der Waals surface area contributed by atoms with E-state index in [4.69, 9.17) is 5.73 Å². The lowest BCUT2D eigenvalue weighted by Crippen LogP contribution is -2.26. The van der Waals surface area contributed by atoms with Gasteiger partial charge in [0.15, 0.2) is 0 Å². The first-order valence-corrected chi connectivity index (χ1v) is 20.4. The van der Waals surface area contributed by atoms with Gasteiger partial charge in [-0.25, -0.2) is 0 Å². The van der Waals surface area contributed by atoms with Crippen molar-refractivity contribution in [2.45, 2.75) is 200 Å². The number of hydrogen-bond donors (Lipinski definition) is 1. The topological polar surface area (TPSA) is 41.6 Å². The zero-order valence-corrected chi connectivity index (χ0v) is 33.6. The summed E-state index contributed by atoms with van der Waals surface area (Å²) in [6, 6.07) is 8.72. The molecular formula is C43H81Cl2N3. The minimum Gasteiger partial charge on any atom is -0.383 e. The molecule has 0 heterocycles. The number of rotatable bonds is 35. The van der Waals surface area contributed by atoms with Crippen LogP contribution in [0.1, 0.15) is 205 Å². The van der Waals surface area contributed by atoms with Crippen LogP contribution in [-0.4, -0.2) is 30.4 Å². The van der Waals surface area contributed by atoms with E-state index < -0.39 is 0 Å². The zero-order valence-electron chi connectivity index (χ0n) is 32.0. The molecule has 0 aliphatic carbocycles. The predicted molar refractivity (Wildman–Crippen MR) is 223 cm³/mol. The summed E-state index contributed by atoms with van der Waals surface area (Å²) in [5.74, 6) is 0.618. The lowest BCUT2D eigenvalue weighted by atomic mass is 10.0. The summed E-state index contributed by atoms with van der Waals surface area (Å²) in [5.41, 5.74) is 8.64. The fourth-order valence-electron chi connectivity index (χ4n) is 6.67. The lowest BCUT2D eigenvalue weighted by Gasteiger charge is -2.23. The van der Waals surface area contributed by atoms with Gasteiger partial charge in [-0.05, 0) is 37.6 Å². The third kappa shape index (κ3) is 31.0. The first-order valence-electron chi connectivity index (χ1n) is 20.4. The van der Waals surface area contributed by atoms with E-state index in [9.17, 15) is 0 Å². The van der Waals surface area contributed by atoms with Crippen molar-refractivity contribution in [2.24, 2.45) is 10.7 Å². The largest absolute Gasteiger partial charge is 0.383 e. The van der Waals surface area contributed by atoms with Gasteiger partial charge in [-0.1, -0.05) is 205 Å². The van der Waals surface area contributed by atoms with Crippen LogP contribution in [0.15, 0.2) is 41.9 Å². The molecule has 0 aliphatic rings. The number of hydrogen-bond acceptors (Lipinski definition) is 2. The fraction of sp³-hybridized carbons (Fsp3) is 0.791. The highest BCUT2D eigenvalue weighted by molar-refractivity contribution is 5.97. The zero-order chi connectivity index (χ0) is 33.2. The number of unbranched alkanes of at least 4 members (excludes halogenated alkanes) is 26. The Morgan fingerprint density at radius 1 is 0.583 bits per heavy atom. The van der Waals surface area contributed by atoms with E-state index in [-0.39, 0.29) is 24.8 Å². The molecule has 3 nitrogen and oxygen atoms in total. The van der Waals surface area contributed by atoms with Crippen molar-refractivity contribution in [1.29, 1.82) is 0 Å². The van der Waals surface area contributed by atoms with Crippen LogP contribution in [-0.2, 0) is 6.54 Å². The molecule has 2 N–H and O–H groups in total. The SMILES string of the molecule is C=CCN=C(N)c1cccc(CN(CCCCCCCCCCCCCCCC)CCCCCCCCCCCCCCCC)c1.Cl.Cl. The smallest absolute Gasteiger partial charge is 0.125 e. The summed E-state index contributed by atoms with van der Waals surface area (Å²) in [6.45, 7) is 12.4. The van der Waals surface area contributed by atoms with Crippen LogP contribution in [0.3, 0.4) is 0 Å². The van der Waals surface area contributed by atoms with E-state index in [1.807, 2.05) is 0 Å². The Labute approximate surface area is 313 Å². The van der Waals surface area contributed by atoms with Gasteiger partial charge in [-0.15, -0.1) is 31.4 Å². The first-order chi connectivity index (χ1) is 22.7. The number of aliphatic imine (C=N–C) groups is 1. The molecule has 1 aromatic rings. The summed E-state index contributed by atoms with van der Waals surface area (Å²) >= 11 is 0. The first kappa shape index (κ1) is 49.1. The Morgan fingerprint density at radius 2 is 0.938 bits per heavy atom. The quantitative estimate of drug-likeness (QED) is 0.0330. The second-order valence-corrected chi connectivity index (χ2v) is 14.2. The number of amidine groups is 1. The van der Waals surface area contributed by atoms with Gasteiger partial charge in [0.2, 0.25) is 0 Å². The van der Waals surface area contributed by atoms with Crippen molar-refractivity contribution < 1.29 is 0 Å². The molecule has 282 valence electrons. The van der Waals surface area contributed by atoms with Crippen molar-refractivity contribution >= 4 is 30.6 Å². The molecule has 0 atom stereocenters. The molecule has 1 rings (SSSR count). The molecule has 0 aromatic heterocycles. The molecule has 0 unspecified atom stereocenters. The Kier molecular flexibility index (Phi) is 39.6. The summed E-state index contributed by atoms with van der Waals surface area (Å²) in [4.78, 5) is 7.14. The van der Waals surface area contributed by atoms with Crippen LogP contribution in [0.5, 0.6) is 0 Å². The van der Waals surface area contributed by atoms with Gasteiger partial charge in [0.1, 0.15) is 5.84 Å². The molecule has 0 aliphatic heterocycles. The van der Waals surface area contributed by atoms with E-state index in [0.29, 0.717) is 12.4 Å². The Morgan fingerprint density at radius 3 is 1.29 bits per heavy atom. The van der Waals surface area contributed by atoms with Crippen molar-refractivity contribution in [3.8, 4) is 0 Å². The second kappa shape index (κ2) is 38.8. The molecule has 0 saturated carbocycles. The Balaban J connectivity index is 0. The Hall–Kier alpha value is -1.03. The minimum absolute atomic E-state index is 0. The molecular weight excluding hydrogens is 629 g/mol. The molecule has 0 amide bonds. The van der Waals surface area contributed by atoms with Gasteiger partial charge < -0.3 is 5.73 Å².